The average molecular weight is 208 g/mol. The molecule has 0 aliphatic heterocycles. The van der Waals surface area contributed by atoms with Crippen LogP contribution in [0.5, 0.6) is 0 Å². The molecule has 84 valence electrons. The minimum atomic E-state index is -0.0893. The molecule has 1 amide bonds. The molecule has 0 aromatic carbocycles. The first-order valence-electron chi connectivity index (χ1n) is 4.85. The van der Waals surface area contributed by atoms with Crippen molar-refractivity contribution in [2.75, 3.05) is 14.1 Å². The first-order valence-corrected chi connectivity index (χ1v) is 4.85. The van der Waals surface area contributed by atoms with Gasteiger partial charge in [-0.2, -0.15) is 0 Å². The fraction of sp³-hybridized carbons (Fsp3) is 0.417. The molecule has 1 N–H and O–H groups in total. The third-order valence-electron chi connectivity index (χ3n) is 2.24. The number of nitrogens with zero attached hydrogens (tertiary/aromatic N) is 1. The average Bonchev–Trinajstić information content (AvgIpc) is 2.16. The van der Waals surface area contributed by atoms with Gasteiger partial charge in [-0.1, -0.05) is 18.7 Å². The maximum absolute atomic E-state index is 11.6. The first kappa shape index (κ1) is 13.5. The predicted octanol–water partition coefficient (Wildman–Crippen LogP) is 2.05. The van der Waals surface area contributed by atoms with E-state index in [-0.39, 0.29) is 5.91 Å². The van der Waals surface area contributed by atoms with Crippen LogP contribution in [0, 0.1) is 0 Å². The second-order valence-electron chi connectivity index (χ2n) is 3.64. The molecule has 0 radical (unpaired) electrons. The number of hydrogen-bond acceptors (Lipinski definition) is 2. The Morgan fingerprint density at radius 2 is 1.80 bits per heavy atom. The van der Waals surface area contributed by atoms with E-state index in [1.54, 1.807) is 19.1 Å². The van der Waals surface area contributed by atoms with Crippen molar-refractivity contribution in [3.8, 4) is 0 Å². The van der Waals surface area contributed by atoms with Gasteiger partial charge in [0.25, 0.3) is 5.91 Å². The molecule has 0 bridgehead atoms. The van der Waals surface area contributed by atoms with E-state index in [0.717, 1.165) is 11.4 Å². The van der Waals surface area contributed by atoms with E-state index in [1.165, 1.54) is 0 Å². The Morgan fingerprint density at radius 1 is 1.27 bits per heavy atom. The van der Waals surface area contributed by atoms with Gasteiger partial charge in [0.15, 0.2) is 0 Å². The molecule has 0 unspecified atom stereocenters. The van der Waals surface area contributed by atoms with Gasteiger partial charge < -0.3 is 10.2 Å². The molecule has 0 saturated heterocycles. The Kier molecular flexibility index (Phi) is 5.45. The number of carbonyl (C=O) groups is 1. The maximum atomic E-state index is 11.6. The summed E-state index contributed by atoms with van der Waals surface area (Å²) in [4.78, 5) is 13.6. The van der Waals surface area contributed by atoms with Crippen molar-refractivity contribution in [2.45, 2.75) is 20.8 Å². The van der Waals surface area contributed by atoms with Crippen molar-refractivity contribution >= 4 is 5.91 Å². The minimum absolute atomic E-state index is 0.0893. The van der Waals surface area contributed by atoms with E-state index in [1.807, 2.05) is 32.8 Å². The lowest BCUT2D eigenvalue weighted by molar-refractivity contribution is -0.116. The Hall–Kier alpha value is -1.51. The van der Waals surface area contributed by atoms with Crippen molar-refractivity contribution in [2.24, 2.45) is 0 Å². The number of carbonyl (C=O) groups excluding carboxylic acids is 1. The molecular weight excluding hydrogens is 188 g/mol. The van der Waals surface area contributed by atoms with Crippen LogP contribution in [0.3, 0.4) is 0 Å². The molecule has 0 atom stereocenters. The van der Waals surface area contributed by atoms with Gasteiger partial charge in [-0.05, 0) is 20.8 Å². The van der Waals surface area contributed by atoms with Crippen molar-refractivity contribution < 1.29 is 4.79 Å². The summed E-state index contributed by atoms with van der Waals surface area (Å²) in [6, 6.07) is 0. The van der Waals surface area contributed by atoms with Gasteiger partial charge in [-0.15, -0.1) is 0 Å². The van der Waals surface area contributed by atoms with Crippen LogP contribution in [0.4, 0.5) is 0 Å². The summed E-state index contributed by atoms with van der Waals surface area (Å²) in [6.07, 6.45) is 3.29. The standard InChI is InChI=1S/C12H20N2O/c1-7-8-9(2)12(15)13-10(3)11(4)14(5)6/h7-8H,1H2,2-6H3,(H,13,15). The van der Waals surface area contributed by atoms with E-state index in [0.29, 0.717) is 5.57 Å². The molecule has 0 heterocycles. The van der Waals surface area contributed by atoms with E-state index in [2.05, 4.69) is 11.9 Å². The zero-order chi connectivity index (χ0) is 12.0. The summed E-state index contributed by atoms with van der Waals surface area (Å²) in [6.45, 7) is 9.15. The normalized spacial score (nSPS) is 13.0. The van der Waals surface area contributed by atoms with Gasteiger partial charge in [0.1, 0.15) is 0 Å². The van der Waals surface area contributed by atoms with Crippen LogP contribution in [0.15, 0.2) is 35.7 Å². The van der Waals surface area contributed by atoms with Gasteiger partial charge in [-0.25, -0.2) is 0 Å². The van der Waals surface area contributed by atoms with Crippen LogP contribution in [-0.2, 0) is 4.79 Å². The molecule has 3 nitrogen and oxygen atoms in total. The van der Waals surface area contributed by atoms with Gasteiger partial charge in [-0.3, -0.25) is 4.79 Å². The fourth-order valence-electron chi connectivity index (χ4n) is 0.947. The SMILES string of the molecule is C=CC=C(C)C(=O)NC(C)=C(C)N(C)C. The molecule has 0 spiro atoms. The minimum Gasteiger partial charge on any atom is -0.380 e. The van der Waals surface area contributed by atoms with Crippen molar-refractivity contribution in [1.29, 1.82) is 0 Å². The number of hydrogen-bond donors (Lipinski definition) is 1. The molecule has 0 fully saturated rings. The van der Waals surface area contributed by atoms with E-state index >= 15 is 0 Å². The Morgan fingerprint density at radius 3 is 2.20 bits per heavy atom. The van der Waals surface area contributed by atoms with E-state index < -0.39 is 0 Å². The molecule has 3 heteroatoms. The second-order valence-corrected chi connectivity index (χ2v) is 3.64. The zero-order valence-corrected chi connectivity index (χ0v) is 10.2. The Labute approximate surface area is 92.2 Å². The predicted molar refractivity (Wildman–Crippen MR) is 64.2 cm³/mol. The number of allylic oxidation sites excluding steroid dienone is 4. The monoisotopic (exact) mass is 208 g/mol. The van der Waals surface area contributed by atoms with Crippen molar-refractivity contribution in [3.05, 3.63) is 35.7 Å². The third-order valence-corrected chi connectivity index (χ3v) is 2.24. The lowest BCUT2D eigenvalue weighted by Gasteiger charge is -2.17. The summed E-state index contributed by atoms with van der Waals surface area (Å²) < 4.78 is 0. The highest BCUT2D eigenvalue weighted by Gasteiger charge is 2.05. The van der Waals surface area contributed by atoms with Crippen LogP contribution >= 0.6 is 0 Å². The number of amides is 1. The Balaban J connectivity index is 4.63. The largest absolute Gasteiger partial charge is 0.380 e. The molecule has 0 saturated carbocycles. The highest BCUT2D eigenvalue weighted by Crippen LogP contribution is 2.04. The zero-order valence-electron chi connectivity index (χ0n) is 10.2. The quantitative estimate of drug-likeness (QED) is 0.566. The van der Waals surface area contributed by atoms with Gasteiger partial charge in [0.2, 0.25) is 0 Å². The highest BCUT2D eigenvalue weighted by atomic mass is 16.1. The van der Waals surface area contributed by atoms with Gasteiger partial charge in [0.05, 0.1) is 0 Å². The summed E-state index contributed by atoms with van der Waals surface area (Å²) in [5.74, 6) is -0.0893. The van der Waals surface area contributed by atoms with Gasteiger partial charge in [0, 0.05) is 31.1 Å². The van der Waals surface area contributed by atoms with E-state index in [9.17, 15) is 4.79 Å². The summed E-state index contributed by atoms with van der Waals surface area (Å²) in [7, 11) is 3.88. The fourth-order valence-corrected chi connectivity index (χ4v) is 0.947. The van der Waals surface area contributed by atoms with Crippen LogP contribution in [0.1, 0.15) is 20.8 Å². The van der Waals surface area contributed by atoms with Crippen molar-refractivity contribution in [1.82, 2.24) is 10.2 Å². The van der Waals surface area contributed by atoms with Crippen LogP contribution in [-0.4, -0.2) is 24.9 Å². The molecule has 0 aliphatic rings. The molecule has 0 rings (SSSR count). The summed E-state index contributed by atoms with van der Waals surface area (Å²) >= 11 is 0. The molecular formula is C12H20N2O. The lowest BCUT2D eigenvalue weighted by Crippen LogP contribution is -2.25. The van der Waals surface area contributed by atoms with Crippen LogP contribution in [0.2, 0.25) is 0 Å². The lowest BCUT2D eigenvalue weighted by atomic mass is 10.2. The molecule has 0 aliphatic carbocycles. The Bertz CT molecular complexity index is 312. The first-order chi connectivity index (χ1) is 6.90. The molecule has 15 heavy (non-hydrogen) atoms. The summed E-state index contributed by atoms with van der Waals surface area (Å²) in [5, 5.41) is 2.83. The molecule has 0 aromatic heterocycles. The third kappa shape index (κ3) is 4.49. The summed E-state index contributed by atoms with van der Waals surface area (Å²) in [5.41, 5.74) is 2.55. The number of nitrogens with one attached hydrogen (secondary N) is 1. The highest BCUT2D eigenvalue weighted by molar-refractivity contribution is 5.94. The smallest absolute Gasteiger partial charge is 0.251 e. The topological polar surface area (TPSA) is 32.3 Å². The van der Waals surface area contributed by atoms with Gasteiger partial charge >= 0.3 is 0 Å². The second kappa shape index (κ2) is 6.06. The molecule has 0 aromatic rings. The maximum Gasteiger partial charge on any atom is 0.251 e. The van der Waals surface area contributed by atoms with Crippen LogP contribution < -0.4 is 5.32 Å². The number of rotatable bonds is 4. The van der Waals surface area contributed by atoms with E-state index in [4.69, 9.17) is 0 Å². The van der Waals surface area contributed by atoms with Crippen molar-refractivity contribution in [3.63, 3.8) is 0 Å². The van der Waals surface area contributed by atoms with Crippen LogP contribution in [0.25, 0.3) is 0 Å².